The molecule has 1 atom stereocenters. The molecule has 0 spiro atoms. The number of nitrogens with one attached hydrogen (secondary N) is 2. The highest BCUT2D eigenvalue weighted by atomic mass is 16.4. The highest BCUT2D eigenvalue weighted by Crippen LogP contribution is 2.32. The van der Waals surface area contributed by atoms with Crippen LogP contribution in [0.3, 0.4) is 0 Å². The molecule has 3 aromatic rings. The Morgan fingerprint density at radius 2 is 2.00 bits per heavy atom. The van der Waals surface area contributed by atoms with Crippen molar-refractivity contribution in [3.05, 3.63) is 80.7 Å². The summed E-state index contributed by atoms with van der Waals surface area (Å²) in [6.07, 6.45) is 2.87. The monoisotopic (exact) mass is 418 g/mol. The number of carboxylic acid groups (broad SMARTS) is 1. The van der Waals surface area contributed by atoms with E-state index in [1.54, 1.807) is 24.3 Å². The van der Waals surface area contributed by atoms with Gasteiger partial charge in [-0.15, -0.1) is 0 Å². The number of fused-ring (bicyclic) bond motifs is 1. The topological polar surface area (TPSA) is 91.6 Å². The summed E-state index contributed by atoms with van der Waals surface area (Å²) in [6.45, 7) is 7.30. The molecule has 2 aromatic carbocycles. The van der Waals surface area contributed by atoms with Crippen molar-refractivity contribution in [2.75, 3.05) is 18.4 Å². The van der Waals surface area contributed by atoms with Crippen LogP contribution in [0.15, 0.2) is 51.7 Å². The number of aryl methyl sites for hydroxylation is 1. The second-order valence-electron chi connectivity index (χ2n) is 8.02. The molecule has 3 N–H and O–H groups in total. The van der Waals surface area contributed by atoms with Crippen LogP contribution in [0.4, 0.5) is 5.69 Å². The Hall–Kier alpha value is -3.38. The number of aromatic carboxylic acids is 1. The number of benzene rings is 2. The van der Waals surface area contributed by atoms with E-state index in [1.165, 1.54) is 0 Å². The fourth-order valence-electron chi connectivity index (χ4n) is 4.13. The van der Waals surface area contributed by atoms with Gasteiger partial charge < -0.3 is 20.2 Å². The lowest BCUT2D eigenvalue weighted by molar-refractivity contribution is 0.0698. The molecule has 1 aliphatic heterocycles. The van der Waals surface area contributed by atoms with Crippen molar-refractivity contribution in [2.45, 2.75) is 33.2 Å². The molecule has 31 heavy (non-hydrogen) atoms. The Kier molecular flexibility index (Phi) is 5.65. The van der Waals surface area contributed by atoms with Gasteiger partial charge in [-0.1, -0.05) is 24.3 Å². The number of carbonyl (C=O) groups is 1. The standard InChI is InChI=1S/C25H26N2O4/c1-14-12-19(16(3)27-21-7-5-4-6-18(21)25(29)30)24-20(13-14)22(28)15(2)23(31-24)17-8-10-26-11-9-17/h4-8,12-13,16,26-27H,9-11H2,1-3H3,(H,29,30)/t16-/m1/s1. The van der Waals surface area contributed by atoms with Crippen LogP contribution in [0.1, 0.15) is 52.2 Å². The van der Waals surface area contributed by atoms with E-state index in [0.29, 0.717) is 28.0 Å². The average Bonchev–Trinajstić information content (AvgIpc) is 2.77. The van der Waals surface area contributed by atoms with E-state index < -0.39 is 5.97 Å². The second-order valence-corrected chi connectivity index (χ2v) is 8.02. The molecule has 1 aliphatic rings. The van der Waals surface area contributed by atoms with Crippen LogP contribution in [0.5, 0.6) is 0 Å². The molecule has 6 nitrogen and oxygen atoms in total. The first-order valence-electron chi connectivity index (χ1n) is 10.4. The molecular formula is C25H26N2O4. The summed E-state index contributed by atoms with van der Waals surface area (Å²) in [5, 5.41) is 16.6. The summed E-state index contributed by atoms with van der Waals surface area (Å²) in [5.74, 6) is -0.353. The zero-order chi connectivity index (χ0) is 22.1. The number of carboxylic acids is 1. The maximum Gasteiger partial charge on any atom is 0.337 e. The largest absolute Gasteiger partial charge is 0.478 e. The first-order chi connectivity index (χ1) is 14.9. The number of para-hydroxylation sites is 1. The zero-order valence-electron chi connectivity index (χ0n) is 17.9. The van der Waals surface area contributed by atoms with Gasteiger partial charge in [0.2, 0.25) is 0 Å². The number of anilines is 1. The van der Waals surface area contributed by atoms with Crippen LogP contribution in [-0.4, -0.2) is 24.2 Å². The lowest BCUT2D eigenvalue weighted by Gasteiger charge is -2.21. The summed E-state index contributed by atoms with van der Waals surface area (Å²) in [7, 11) is 0. The van der Waals surface area contributed by atoms with Crippen molar-refractivity contribution in [3.63, 3.8) is 0 Å². The summed E-state index contributed by atoms with van der Waals surface area (Å²) in [4.78, 5) is 24.8. The first-order valence-corrected chi connectivity index (χ1v) is 10.4. The molecule has 0 fully saturated rings. The van der Waals surface area contributed by atoms with Gasteiger partial charge in [-0.3, -0.25) is 4.79 Å². The van der Waals surface area contributed by atoms with Crippen LogP contribution in [0.25, 0.3) is 16.5 Å². The van der Waals surface area contributed by atoms with E-state index in [4.69, 9.17) is 4.42 Å². The summed E-state index contributed by atoms with van der Waals surface area (Å²) >= 11 is 0. The third kappa shape index (κ3) is 3.99. The van der Waals surface area contributed by atoms with Crippen LogP contribution in [-0.2, 0) is 0 Å². The average molecular weight is 418 g/mol. The lowest BCUT2D eigenvalue weighted by atomic mass is 9.97. The van der Waals surface area contributed by atoms with Crippen molar-refractivity contribution in [3.8, 4) is 0 Å². The third-order valence-electron chi connectivity index (χ3n) is 5.74. The van der Waals surface area contributed by atoms with Gasteiger partial charge in [0.15, 0.2) is 5.43 Å². The molecule has 4 rings (SSSR count). The highest BCUT2D eigenvalue weighted by molar-refractivity contribution is 5.94. The first kappa shape index (κ1) is 20.9. The van der Waals surface area contributed by atoms with E-state index in [-0.39, 0.29) is 17.0 Å². The Morgan fingerprint density at radius 3 is 2.71 bits per heavy atom. The fourth-order valence-corrected chi connectivity index (χ4v) is 4.13. The molecule has 0 saturated carbocycles. The van der Waals surface area contributed by atoms with Gasteiger partial charge in [0.25, 0.3) is 0 Å². The van der Waals surface area contributed by atoms with E-state index in [9.17, 15) is 14.7 Å². The highest BCUT2D eigenvalue weighted by Gasteiger charge is 2.21. The Bertz CT molecular complexity index is 1260. The maximum atomic E-state index is 13.2. The normalized spacial score (nSPS) is 14.9. The van der Waals surface area contributed by atoms with Gasteiger partial charge in [0, 0.05) is 23.4 Å². The molecule has 0 amide bonds. The predicted molar refractivity (Wildman–Crippen MR) is 123 cm³/mol. The van der Waals surface area contributed by atoms with Crippen LogP contribution >= 0.6 is 0 Å². The van der Waals surface area contributed by atoms with Gasteiger partial charge >= 0.3 is 5.97 Å². The number of hydrogen-bond donors (Lipinski definition) is 3. The van der Waals surface area contributed by atoms with Gasteiger partial charge in [-0.05, 0) is 63.1 Å². The van der Waals surface area contributed by atoms with Crippen LogP contribution in [0.2, 0.25) is 0 Å². The number of rotatable bonds is 5. The minimum Gasteiger partial charge on any atom is -0.478 e. The summed E-state index contributed by atoms with van der Waals surface area (Å²) in [5.41, 5.74) is 4.66. The SMILES string of the molecule is Cc1cc([C@@H](C)Nc2ccccc2C(=O)O)c2oc(C3=CCNCC3)c(C)c(=O)c2c1. The number of hydrogen-bond acceptors (Lipinski definition) is 5. The van der Waals surface area contributed by atoms with Crippen molar-refractivity contribution in [1.82, 2.24) is 5.32 Å². The minimum absolute atomic E-state index is 0.0289. The smallest absolute Gasteiger partial charge is 0.337 e. The molecule has 0 radical (unpaired) electrons. The molecule has 6 heteroatoms. The zero-order valence-corrected chi connectivity index (χ0v) is 17.9. The molecule has 0 aliphatic carbocycles. The van der Waals surface area contributed by atoms with Crippen molar-refractivity contribution >= 4 is 28.2 Å². The molecule has 0 bridgehead atoms. The summed E-state index contributed by atoms with van der Waals surface area (Å²) < 4.78 is 6.38. The van der Waals surface area contributed by atoms with E-state index >= 15 is 0 Å². The summed E-state index contributed by atoms with van der Waals surface area (Å²) in [6, 6.07) is 10.4. The van der Waals surface area contributed by atoms with Crippen LogP contribution in [0, 0.1) is 13.8 Å². The Labute approximate surface area is 180 Å². The van der Waals surface area contributed by atoms with Crippen molar-refractivity contribution in [2.24, 2.45) is 0 Å². The Balaban J connectivity index is 1.86. The molecule has 1 aromatic heterocycles. The molecule has 160 valence electrons. The van der Waals surface area contributed by atoms with E-state index in [0.717, 1.165) is 36.2 Å². The fraction of sp³-hybridized carbons (Fsp3) is 0.280. The van der Waals surface area contributed by atoms with Crippen LogP contribution < -0.4 is 16.1 Å². The molecular weight excluding hydrogens is 392 g/mol. The van der Waals surface area contributed by atoms with Gasteiger partial charge in [0.05, 0.1) is 17.0 Å². The van der Waals surface area contributed by atoms with Crippen molar-refractivity contribution < 1.29 is 14.3 Å². The van der Waals surface area contributed by atoms with Crippen molar-refractivity contribution in [1.29, 1.82) is 0 Å². The lowest BCUT2D eigenvalue weighted by Crippen LogP contribution is -2.21. The van der Waals surface area contributed by atoms with E-state index in [2.05, 4.69) is 16.7 Å². The Morgan fingerprint density at radius 1 is 1.23 bits per heavy atom. The quantitative estimate of drug-likeness (QED) is 0.558. The minimum atomic E-state index is -0.994. The predicted octanol–water partition coefficient (Wildman–Crippen LogP) is 4.66. The van der Waals surface area contributed by atoms with Gasteiger partial charge in [-0.25, -0.2) is 4.79 Å². The molecule has 0 unspecified atom stereocenters. The van der Waals surface area contributed by atoms with Gasteiger partial charge in [0.1, 0.15) is 11.3 Å². The maximum absolute atomic E-state index is 13.2. The molecule has 2 heterocycles. The van der Waals surface area contributed by atoms with E-state index in [1.807, 2.05) is 32.9 Å². The second kappa shape index (κ2) is 8.40. The third-order valence-corrected chi connectivity index (χ3v) is 5.74. The molecule has 0 saturated heterocycles. The van der Waals surface area contributed by atoms with Gasteiger partial charge in [-0.2, -0.15) is 0 Å².